The molecule has 5 nitrogen and oxygen atoms in total. The Balaban J connectivity index is 2.79. The van der Waals surface area contributed by atoms with E-state index in [1.54, 1.807) is 31.2 Å². The Labute approximate surface area is 118 Å². The summed E-state index contributed by atoms with van der Waals surface area (Å²) < 4.78 is 10.8. The second-order valence-electron chi connectivity index (χ2n) is 3.51. The molecule has 0 aliphatic carbocycles. The number of methoxy groups -OCH3 is 1. The van der Waals surface area contributed by atoms with Crippen LogP contribution in [0.15, 0.2) is 28.8 Å². The van der Waals surface area contributed by atoms with E-state index in [0.29, 0.717) is 5.88 Å². The monoisotopic (exact) mass is 324 g/mol. The average molecular weight is 324 g/mol. The Morgan fingerprint density at radius 3 is 2.63 bits per heavy atom. The molecule has 19 heavy (non-hydrogen) atoms. The summed E-state index contributed by atoms with van der Waals surface area (Å²) in [4.78, 5) is 28.7. The van der Waals surface area contributed by atoms with Crippen molar-refractivity contribution in [3.63, 3.8) is 0 Å². The number of ketones is 1. The van der Waals surface area contributed by atoms with Crippen LogP contribution in [0.3, 0.4) is 0 Å². The molecule has 1 radical (unpaired) electrons. The van der Waals surface area contributed by atoms with Crippen LogP contribution in [-0.4, -0.2) is 46.2 Å². The Bertz CT molecular complexity index is 482. The summed E-state index contributed by atoms with van der Waals surface area (Å²) in [6.07, 6.45) is 1.68. The van der Waals surface area contributed by atoms with Gasteiger partial charge < -0.3 is 0 Å². The molecule has 1 aromatic rings. The van der Waals surface area contributed by atoms with E-state index >= 15 is 0 Å². The van der Waals surface area contributed by atoms with Crippen molar-refractivity contribution in [3.8, 4) is 5.88 Å². The van der Waals surface area contributed by atoms with Crippen LogP contribution in [0.4, 0.5) is 0 Å². The third-order valence-electron chi connectivity index (χ3n) is 2.15. The van der Waals surface area contributed by atoms with Crippen molar-refractivity contribution < 1.29 is 19.1 Å². The predicted octanol–water partition coefficient (Wildman–Crippen LogP) is 0.456. The molecule has 1 rings (SSSR count). The molecule has 1 heterocycles. The maximum absolute atomic E-state index is 11.6. The number of Topliss-reactive ketones (excluding diaryl/α,β-unsaturated/α-hetero) is 1. The first-order valence-electron chi connectivity index (χ1n) is 5.67. The van der Waals surface area contributed by atoms with Gasteiger partial charge in [-0.15, -0.1) is 0 Å². The summed E-state index contributed by atoms with van der Waals surface area (Å²) in [7, 11) is 1.55. The molecule has 0 saturated carbocycles. The van der Waals surface area contributed by atoms with Gasteiger partial charge in [0.2, 0.25) is 0 Å². The first kappa shape index (κ1) is 15.4. The molecule has 1 aromatic heterocycles. The molecule has 0 aromatic carbocycles. The summed E-state index contributed by atoms with van der Waals surface area (Å²) in [6, 6.07) is 3.61. The summed E-state index contributed by atoms with van der Waals surface area (Å²) in [5, 5.41) is 0. The molecule has 0 unspecified atom stereocenters. The molecule has 0 fully saturated rings. The number of hydrogen-bond acceptors (Lipinski definition) is 5. The fourth-order valence-corrected chi connectivity index (χ4v) is 2.99. The van der Waals surface area contributed by atoms with Crippen molar-refractivity contribution in [3.05, 3.63) is 28.8 Å². The third-order valence-corrected chi connectivity index (χ3v) is 4.14. The molecular weight excluding hydrogens is 309 g/mol. The molecule has 0 aliphatic rings. The Kier molecular flexibility index (Phi) is 6.29. The van der Waals surface area contributed by atoms with Gasteiger partial charge in [-0.3, -0.25) is 0 Å². The topological polar surface area (TPSA) is 65.5 Å². The minimum absolute atomic E-state index is 0.109. The number of hydrogen-bond donors (Lipinski definition) is 0. The molecule has 0 atom stereocenters. The third kappa shape index (κ3) is 4.87. The van der Waals surface area contributed by atoms with Crippen LogP contribution in [0.25, 0.3) is 0 Å². The van der Waals surface area contributed by atoms with E-state index in [1.165, 1.54) is 6.92 Å². The second kappa shape index (κ2) is 7.74. The standard InChI is InChI=1S/C13H15AsNO4/c1-4-19-13(17)11(9(2)16)7-14-10-5-6-12(18-3)15-8-10/h5-8H,4H2,1-3H3/b11-7+. The van der Waals surface area contributed by atoms with Crippen LogP contribution >= 0.6 is 0 Å². The van der Waals surface area contributed by atoms with Crippen LogP contribution in [-0.2, 0) is 14.3 Å². The average Bonchev–Trinajstić information content (AvgIpc) is 2.39. The van der Waals surface area contributed by atoms with Gasteiger partial charge in [-0.2, -0.15) is 0 Å². The number of pyridine rings is 1. The van der Waals surface area contributed by atoms with Crippen LogP contribution in [0.2, 0.25) is 0 Å². The molecule has 101 valence electrons. The van der Waals surface area contributed by atoms with Crippen molar-refractivity contribution in [1.29, 1.82) is 0 Å². The van der Waals surface area contributed by atoms with Crippen molar-refractivity contribution in [2.24, 2.45) is 0 Å². The Morgan fingerprint density at radius 2 is 2.16 bits per heavy atom. The molecular formula is C13H15AsNO4. The van der Waals surface area contributed by atoms with Crippen LogP contribution in [0.1, 0.15) is 13.8 Å². The first-order valence-corrected chi connectivity index (χ1v) is 7.69. The van der Waals surface area contributed by atoms with Crippen LogP contribution in [0, 0.1) is 0 Å². The van der Waals surface area contributed by atoms with E-state index in [2.05, 4.69) is 4.98 Å². The number of aromatic nitrogens is 1. The van der Waals surface area contributed by atoms with Gasteiger partial charge in [0.1, 0.15) is 0 Å². The zero-order chi connectivity index (χ0) is 14.3. The molecule has 0 spiro atoms. The van der Waals surface area contributed by atoms with Gasteiger partial charge in [0.15, 0.2) is 0 Å². The number of esters is 1. The first-order chi connectivity index (χ1) is 9.08. The summed E-state index contributed by atoms with van der Waals surface area (Å²) in [5.74, 6) is -0.312. The molecule has 0 saturated heterocycles. The second-order valence-corrected chi connectivity index (χ2v) is 5.67. The quantitative estimate of drug-likeness (QED) is 0.250. The minimum atomic E-state index is -0.563. The SMILES string of the molecule is CCOC(=O)/C(=C/[As]c1ccc(OC)nc1)C(C)=O. The number of rotatable bonds is 6. The Morgan fingerprint density at radius 1 is 1.42 bits per heavy atom. The zero-order valence-corrected chi connectivity index (χ0v) is 12.9. The molecule has 0 aliphatic heterocycles. The van der Waals surface area contributed by atoms with Crippen LogP contribution in [0.5, 0.6) is 5.88 Å². The van der Waals surface area contributed by atoms with Gasteiger partial charge in [-0.1, -0.05) is 0 Å². The van der Waals surface area contributed by atoms with Gasteiger partial charge in [0.25, 0.3) is 0 Å². The molecule has 0 bridgehead atoms. The van der Waals surface area contributed by atoms with Crippen LogP contribution < -0.4 is 9.09 Å². The van der Waals surface area contributed by atoms with Crippen molar-refractivity contribution in [1.82, 2.24) is 4.98 Å². The fraction of sp³-hybridized carbons (Fsp3) is 0.308. The number of carbonyl (C=O) groups is 2. The molecule has 6 heteroatoms. The van der Waals surface area contributed by atoms with Crippen molar-refractivity contribution in [2.45, 2.75) is 13.8 Å². The van der Waals surface area contributed by atoms with E-state index in [0.717, 1.165) is 4.35 Å². The van der Waals surface area contributed by atoms with E-state index in [-0.39, 0.29) is 18.0 Å². The summed E-state index contributed by atoms with van der Waals surface area (Å²) >= 11 is -0.457. The van der Waals surface area contributed by atoms with E-state index in [1.807, 2.05) is 6.07 Å². The fourth-order valence-electron chi connectivity index (χ4n) is 1.20. The van der Waals surface area contributed by atoms with E-state index < -0.39 is 21.7 Å². The van der Waals surface area contributed by atoms with Gasteiger partial charge in [-0.05, 0) is 0 Å². The number of nitrogens with zero attached hydrogens (tertiary/aromatic N) is 1. The number of carbonyl (C=O) groups excluding carboxylic acids is 2. The van der Waals surface area contributed by atoms with Gasteiger partial charge in [0, 0.05) is 0 Å². The summed E-state index contributed by atoms with van der Waals surface area (Å²) in [6.45, 7) is 3.32. The van der Waals surface area contributed by atoms with Gasteiger partial charge in [-0.25, -0.2) is 0 Å². The van der Waals surface area contributed by atoms with Crippen molar-refractivity contribution in [2.75, 3.05) is 13.7 Å². The van der Waals surface area contributed by atoms with Gasteiger partial charge >= 0.3 is 118 Å². The van der Waals surface area contributed by atoms with E-state index in [9.17, 15) is 9.59 Å². The summed E-state index contributed by atoms with van der Waals surface area (Å²) in [5.41, 5.74) is 0.109. The van der Waals surface area contributed by atoms with Crippen molar-refractivity contribution >= 4 is 31.9 Å². The molecule has 0 amide bonds. The number of ether oxygens (including phenoxy) is 2. The normalized spacial score (nSPS) is 11.6. The zero-order valence-electron chi connectivity index (χ0n) is 11.0. The van der Waals surface area contributed by atoms with Gasteiger partial charge in [0.05, 0.1) is 0 Å². The predicted molar refractivity (Wildman–Crippen MR) is 71.6 cm³/mol. The van der Waals surface area contributed by atoms with E-state index in [4.69, 9.17) is 9.47 Å². The maximum atomic E-state index is 11.6. The Hall–Kier alpha value is -1.61. The molecule has 0 N–H and O–H groups in total.